The van der Waals surface area contributed by atoms with Gasteiger partial charge in [0.05, 0.1) is 0 Å². The van der Waals surface area contributed by atoms with Crippen LogP contribution in [0.4, 0.5) is 5.82 Å². The first-order chi connectivity index (χ1) is 12.1. The first-order valence-electron chi connectivity index (χ1n) is 7.74. The number of carbonyl (C=O) groups is 2. The molecule has 0 bridgehead atoms. The second kappa shape index (κ2) is 6.36. The molecule has 1 saturated heterocycles. The number of imide groups is 1. The average Bonchev–Trinajstić information content (AvgIpc) is 3.21. The fraction of sp³-hybridized carbons (Fsp3) is 0.235. The quantitative estimate of drug-likeness (QED) is 0.790. The molecule has 1 atom stereocenters. The number of fused-ring (bicyclic) bond motifs is 1. The van der Waals surface area contributed by atoms with Gasteiger partial charge in [0.15, 0.2) is 11.5 Å². The number of hydrogen-bond acceptors (Lipinski definition) is 6. The van der Waals surface area contributed by atoms with Gasteiger partial charge in [0, 0.05) is 23.5 Å². The van der Waals surface area contributed by atoms with Gasteiger partial charge in [-0.25, -0.2) is 4.98 Å². The Balaban J connectivity index is 1.71. The molecule has 0 saturated carbocycles. The van der Waals surface area contributed by atoms with Crippen LogP contribution in [0.1, 0.15) is 24.6 Å². The van der Waals surface area contributed by atoms with E-state index in [2.05, 4.69) is 26.2 Å². The molecule has 3 heterocycles. The predicted octanol–water partition coefficient (Wildman–Crippen LogP) is 2.83. The Morgan fingerprint density at radius 2 is 1.84 bits per heavy atom. The highest BCUT2D eigenvalue weighted by atomic mass is 79.9. The maximum absolute atomic E-state index is 12.3. The second-order valence-electron chi connectivity index (χ2n) is 5.68. The van der Waals surface area contributed by atoms with E-state index in [1.165, 1.54) is 4.90 Å². The van der Waals surface area contributed by atoms with E-state index in [1.54, 1.807) is 24.4 Å². The van der Waals surface area contributed by atoms with E-state index in [0.29, 0.717) is 17.3 Å². The molecule has 0 radical (unpaired) electrons. The number of pyridine rings is 1. The lowest BCUT2D eigenvalue weighted by Gasteiger charge is -2.28. The number of aromatic nitrogens is 1. The third-order valence-corrected chi connectivity index (χ3v) is 4.54. The van der Waals surface area contributed by atoms with Crippen LogP contribution >= 0.6 is 15.9 Å². The van der Waals surface area contributed by atoms with Gasteiger partial charge in [0.2, 0.25) is 18.6 Å². The maximum Gasteiger partial charge on any atom is 0.231 e. The smallest absolute Gasteiger partial charge is 0.231 e. The molecule has 128 valence electrons. The molecular weight excluding hydrogens is 390 g/mol. The molecule has 0 unspecified atom stereocenters. The van der Waals surface area contributed by atoms with Gasteiger partial charge >= 0.3 is 0 Å². The van der Waals surface area contributed by atoms with E-state index in [-0.39, 0.29) is 31.4 Å². The second-order valence-corrected chi connectivity index (χ2v) is 6.59. The van der Waals surface area contributed by atoms with Crippen molar-refractivity contribution in [2.24, 2.45) is 0 Å². The number of halogens is 1. The van der Waals surface area contributed by atoms with Crippen LogP contribution in [0.25, 0.3) is 0 Å². The van der Waals surface area contributed by atoms with Crippen molar-refractivity contribution in [2.75, 3.05) is 12.1 Å². The van der Waals surface area contributed by atoms with Gasteiger partial charge in [0.25, 0.3) is 0 Å². The number of ether oxygens (including phenoxy) is 2. The summed E-state index contributed by atoms with van der Waals surface area (Å²) in [5.74, 6) is 1.36. The first kappa shape index (κ1) is 15.9. The fourth-order valence-corrected chi connectivity index (χ4v) is 3.10. The van der Waals surface area contributed by atoms with Crippen LogP contribution in [0.2, 0.25) is 0 Å². The minimum atomic E-state index is -0.661. The molecule has 2 aliphatic heterocycles. The minimum absolute atomic E-state index is 0.159. The number of carbonyl (C=O) groups excluding carboxylic acids is 2. The summed E-state index contributed by atoms with van der Waals surface area (Å²) in [6.45, 7) is 0.159. The van der Waals surface area contributed by atoms with Gasteiger partial charge in [-0.3, -0.25) is 14.5 Å². The largest absolute Gasteiger partial charge is 0.454 e. The maximum atomic E-state index is 12.3. The SMILES string of the molecule is O=C1CCC(=O)N1[C@H](Nc1ccc(Br)cn1)c1ccc2c(c1)OCO2. The molecule has 1 aromatic heterocycles. The van der Waals surface area contributed by atoms with Crippen molar-refractivity contribution in [3.05, 3.63) is 46.6 Å². The highest BCUT2D eigenvalue weighted by molar-refractivity contribution is 9.10. The molecule has 1 aromatic carbocycles. The van der Waals surface area contributed by atoms with Crippen molar-refractivity contribution in [3.8, 4) is 11.5 Å². The summed E-state index contributed by atoms with van der Waals surface area (Å²) in [6, 6.07) is 8.96. The van der Waals surface area contributed by atoms with Gasteiger partial charge < -0.3 is 14.8 Å². The number of anilines is 1. The summed E-state index contributed by atoms with van der Waals surface area (Å²) in [5.41, 5.74) is 0.720. The number of nitrogens with zero attached hydrogens (tertiary/aromatic N) is 2. The highest BCUT2D eigenvalue weighted by Crippen LogP contribution is 2.37. The number of benzene rings is 1. The first-order valence-corrected chi connectivity index (χ1v) is 8.53. The van der Waals surface area contributed by atoms with Crippen LogP contribution in [-0.2, 0) is 9.59 Å². The normalized spacial score (nSPS) is 17.1. The summed E-state index contributed by atoms with van der Waals surface area (Å²) in [6.07, 6.45) is 1.42. The fourth-order valence-electron chi connectivity index (χ4n) is 2.86. The number of rotatable bonds is 4. The third kappa shape index (κ3) is 3.05. The van der Waals surface area contributed by atoms with Crippen LogP contribution in [0, 0.1) is 0 Å². The van der Waals surface area contributed by atoms with Crippen molar-refractivity contribution in [1.29, 1.82) is 0 Å². The van der Waals surface area contributed by atoms with E-state index in [0.717, 1.165) is 10.0 Å². The van der Waals surface area contributed by atoms with E-state index < -0.39 is 6.17 Å². The lowest BCUT2D eigenvalue weighted by Crippen LogP contribution is -2.38. The summed E-state index contributed by atoms with van der Waals surface area (Å²) < 4.78 is 11.6. The van der Waals surface area contributed by atoms with E-state index in [1.807, 2.05) is 12.1 Å². The molecule has 2 amide bonds. The average molecular weight is 404 g/mol. The summed E-state index contributed by atoms with van der Waals surface area (Å²) in [4.78, 5) is 30.0. The van der Waals surface area contributed by atoms with Crippen LogP contribution in [0.15, 0.2) is 41.0 Å². The number of nitrogens with one attached hydrogen (secondary N) is 1. The van der Waals surface area contributed by atoms with Gasteiger partial charge in [0.1, 0.15) is 12.0 Å². The molecule has 25 heavy (non-hydrogen) atoms. The number of hydrogen-bond donors (Lipinski definition) is 1. The van der Waals surface area contributed by atoms with E-state index in [4.69, 9.17) is 9.47 Å². The topological polar surface area (TPSA) is 80.8 Å². The monoisotopic (exact) mass is 403 g/mol. The van der Waals surface area contributed by atoms with Gasteiger partial charge in [-0.05, 0) is 45.8 Å². The molecule has 4 rings (SSSR count). The molecule has 1 N–H and O–H groups in total. The van der Waals surface area contributed by atoms with Crippen molar-refractivity contribution in [1.82, 2.24) is 9.88 Å². The lowest BCUT2D eigenvalue weighted by atomic mass is 10.1. The van der Waals surface area contributed by atoms with Crippen LogP contribution in [0.5, 0.6) is 11.5 Å². The summed E-state index contributed by atoms with van der Waals surface area (Å²) in [7, 11) is 0. The highest BCUT2D eigenvalue weighted by Gasteiger charge is 2.36. The van der Waals surface area contributed by atoms with Gasteiger partial charge in [-0.15, -0.1) is 0 Å². The molecule has 2 aliphatic rings. The van der Waals surface area contributed by atoms with Crippen LogP contribution < -0.4 is 14.8 Å². The van der Waals surface area contributed by atoms with Crippen LogP contribution in [-0.4, -0.2) is 28.5 Å². The summed E-state index contributed by atoms with van der Waals surface area (Å²) in [5, 5.41) is 3.17. The molecule has 7 nitrogen and oxygen atoms in total. The van der Waals surface area contributed by atoms with Crippen LogP contribution in [0.3, 0.4) is 0 Å². The van der Waals surface area contributed by atoms with E-state index >= 15 is 0 Å². The van der Waals surface area contributed by atoms with Crippen molar-refractivity contribution < 1.29 is 19.1 Å². The number of likely N-dealkylation sites (tertiary alicyclic amines) is 1. The van der Waals surface area contributed by atoms with Crippen molar-refractivity contribution >= 4 is 33.6 Å². The standard InChI is InChI=1S/C17H14BrN3O4/c18-11-2-4-14(19-8-11)20-17(21-15(22)5-6-16(21)23)10-1-3-12-13(7-10)25-9-24-12/h1-4,7-8,17H,5-6,9H2,(H,19,20)/t17-/m0/s1. The number of amides is 2. The Labute approximate surface area is 152 Å². The Morgan fingerprint density at radius 1 is 1.08 bits per heavy atom. The minimum Gasteiger partial charge on any atom is -0.454 e. The Kier molecular flexibility index (Phi) is 4.04. The molecular formula is C17H14BrN3O4. The molecule has 0 spiro atoms. The molecule has 8 heteroatoms. The van der Waals surface area contributed by atoms with Crippen molar-refractivity contribution in [3.63, 3.8) is 0 Å². The zero-order valence-corrected chi connectivity index (χ0v) is 14.7. The molecule has 1 fully saturated rings. The Hall–Kier alpha value is -2.61. The summed E-state index contributed by atoms with van der Waals surface area (Å²) >= 11 is 3.34. The Bertz CT molecular complexity index is 824. The molecule has 2 aromatic rings. The van der Waals surface area contributed by atoms with Gasteiger partial charge in [-0.2, -0.15) is 0 Å². The Morgan fingerprint density at radius 3 is 2.56 bits per heavy atom. The lowest BCUT2D eigenvalue weighted by molar-refractivity contribution is -0.140. The predicted molar refractivity (Wildman–Crippen MR) is 92.0 cm³/mol. The zero-order valence-electron chi connectivity index (χ0n) is 13.1. The van der Waals surface area contributed by atoms with Gasteiger partial charge in [-0.1, -0.05) is 6.07 Å². The van der Waals surface area contributed by atoms with E-state index in [9.17, 15) is 9.59 Å². The third-order valence-electron chi connectivity index (χ3n) is 4.07. The zero-order chi connectivity index (χ0) is 17.4. The molecule has 0 aliphatic carbocycles. The van der Waals surface area contributed by atoms with Crippen molar-refractivity contribution in [2.45, 2.75) is 19.0 Å².